The summed E-state index contributed by atoms with van der Waals surface area (Å²) >= 11 is 5.79. The lowest BCUT2D eigenvalue weighted by atomic mass is 10.1. The molecule has 4 nitrogen and oxygen atoms in total. The van der Waals surface area contributed by atoms with Gasteiger partial charge in [0.2, 0.25) is 0 Å². The van der Waals surface area contributed by atoms with E-state index in [-0.39, 0.29) is 0 Å². The van der Waals surface area contributed by atoms with Crippen LogP contribution in [0.2, 0.25) is 5.02 Å². The molecule has 2 rings (SSSR count). The number of rotatable bonds is 5. The van der Waals surface area contributed by atoms with Crippen molar-refractivity contribution in [2.75, 3.05) is 5.32 Å². The summed E-state index contributed by atoms with van der Waals surface area (Å²) in [6.45, 7) is 3.47. The number of benzene rings is 2. The van der Waals surface area contributed by atoms with Crippen LogP contribution in [-0.2, 0) is 14.3 Å². The van der Waals surface area contributed by atoms with Crippen molar-refractivity contribution in [1.29, 1.82) is 0 Å². The zero-order valence-corrected chi connectivity index (χ0v) is 14.2. The molecule has 0 heterocycles. The van der Waals surface area contributed by atoms with E-state index >= 15 is 0 Å². The highest BCUT2D eigenvalue weighted by Crippen LogP contribution is 2.14. The fraction of sp³-hybridized carbons (Fsp3) is 0.158. The summed E-state index contributed by atoms with van der Waals surface area (Å²) in [6, 6.07) is 14.3. The molecule has 1 atom stereocenters. The standard InChI is InChI=1S/C19H18ClNO3/c1-13-5-3-4-6-15(13)7-12-18(22)24-14(2)19(23)21-17-10-8-16(20)9-11-17/h3-12,14H,1-2H3,(H,21,23)/b12-7+/t14-/m0/s1. The van der Waals surface area contributed by atoms with Gasteiger partial charge in [-0.3, -0.25) is 4.79 Å². The van der Waals surface area contributed by atoms with Crippen molar-refractivity contribution in [2.24, 2.45) is 0 Å². The van der Waals surface area contributed by atoms with Crippen molar-refractivity contribution in [2.45, 2.75) is 20.0 Å². The van der Waals surface area contributed by atoms with E-state index in [2.05, 4.69) is 5.32 Å². The van der Waals surface area contributed by atoms with Gasteiger partial charge in [0.25, 0.3) is 5.91 Å². The Morgan fingerprint density at radius 2 is 1.79 bits per heavy atom. The van der Waals surface area contributed by atoms with E-state index in [1.54, 1.807) is 30.3 Å². The van der Waals surface area contributed by atoms with Crippen molar-refractivity contribution in [3.8, 4) is 0 Å². The SMILES string of the molecule is Cc1ccccc1/C=C/C(=O)O[C@@H](C)C(=O)Nc1ccc(Cl)cc1. The van der Waals surface area contributed by atoms with Gasteiger partial charge in [0.1, 0.15) is 0 Å². The number of esters is 1. The van der Waals surface area contributed by atoms with Crippen LogP contribution in [0.3, 0.4) is 0 Å². The lowest BCUT2D eigenvalue weighted by Crippen LogP contribution is -2.29. The maximum Gasteiger partial charge on any atom is 0.331 e. The van der Waals surface area contributed by atoms with Gasteiger partial charge >= 0.3 is 5.97 Å². The molecule has 2 aromatic carbocycles. The number of hydrogen-bond donors (Lipinski definition) is 1. The Bertz CT molecular complexity index is 753. The molecule has 0 aliphatic rings. The van der Waals surface area contributed by atoms with Gasteiger partial charge in [-0.15, -0.1) is 0 Å². The van der Waals surface area contributed by atoms with Gasteiger partial charge < -0.3 is 10.1 Å². The van der Waals surface area contributed by atoms with Crippen LogP contribution < -0.4 is 5.32 Å². The first-order valence-corrected chi connectivity index (χ1v) is 7.84. The second kappa shape index (κ2) is 8.31. The van der Waals surface area contributed by atoms with Gasteiger partial charge in [0, 0.05) is 16.8 Å². The minimum Gasteiger partial charge on any atom is -0.449 e. The smallest absolute Gasteiger partial charge is 0.331 e. The number of amides is 1. The van der Waals surface area contributed by atoms with Crippen LogP contribution in [0.1, 0.15) is 18.1 Å². The minimum absolute atomic E-state index is 0.407. The number of halogens is 1. The van der Waals surface area contributed by atoms with Crippen molar-refractivity contribution in [1.82, 2.24) is 0 Å². The Balaban J connectivity index is 1.90. The van der Waals surface area contributed by atoms with E-state index in [4.69, 9.17) is 16.3 Å². The van der Waals surface area contributed by atoms with Gasteiger partial charge in [0.05, 0.1) is 0 Å². The first kappa shape index (κ1) is 17.8. The fourth-order valence-corrected chi connectivity index (χ4v) is 2.10. The predicted octanol–water partition coefficient (Wildman–Crippen LogP) is 4.23. The van der Waals surface area contributed by atoms with E-state index in [0.29, 0.717) is 10.7 Å². The molecule has 1 amide bonds. The lowest BCUT2D eigenvalue weighted by Gasteiger charge is -2.12. The topological polar surface area (TPSA) is 55.4 Å². The third-order valence-electron chi connectivity index (χ3n) is 3.36. The average Bonchev–Trinajstić information content (AvgIpc) is 2.56. The van der Waals surface area contributed by atoms with E-state index in [1.807, 2.05) is 31.2 Å². The van der Waals surface area contributed by atoms with Crippen molar-refractivity contribution in [3.63, 3.8) is 0 Å². The fourth-order valence-electron chi connectivity index (χ4n) is 1.98. The minimum atomic E-state index is -0.908. The molecule has 1 N–H and O–H groups in total. The molecule has 0 spiro atoms. The van der Waals surface area contributed by atoms with Gasteiger partial charge in [-0.25, -0.2) is 4.79 Å². The average molecular weight is 344 g/mol. The summed E-state index contributed by atoms with van der Waals surface area (Å²) in [7, 11) is 0. The summed E-state index contributed by atoms with van der Waals surface area (Å²) in [5, 5.41) is 3.24. The summed E-state index contributed by atoms with van der Waals surface area (Å²) in [5.41, 5.74) is 2.56. The van der Waals surface area contributed by atoms with Crippen LogP contribution in [0.15, 0.2) is 54.6 Å². The molecule has 0 aliphatic heterocycles. The van der Waals surface area contributed by atoms with Gasteiger partial charge in [0.15, 0.2) is 6.10 Å². The zero-order valence-electron chi connectivity index (χ0n) is 13.5. The highest BCUT2D eigenvalue weighted by molar-refractivity contribution is 6.30. The molecule has 0 aliphatic carbocycles. The molecule has 0 radical (unpaired) electrons. The Morgan fingerprint density at radius 3 is 2.46 bits per heavy atom. The summed E-state index contributed by atoms with van der Waals surface area (Å²) in [5.74, 6) is -0.980. The normalized spacial score (nSPS) is 12.0. The van der Waals surface area contributed by atoms with E-state index in [1.165, 1.54) is 13.0 Å². The molecule has 0 saturated heterocycles. The Hall–Kier alpha value is -2.59. The lowest BCUT2D eigenvalue weighted by molar-refractivity contribution is -0.148. The number of anilines is 1. The molecule has 5 heteroatoms. The molecular formula is C19H18ClNO3. The van der Waals surface area contributed by atoms with Crippen LogP contribution in [0.4, 0.5) is 5.69 Å². The van der Waals surface area contributed by atoms with Crippen molar-refractivity contribution in [3.05, 3.63) is 70.8 Å². The molecule has 0 saturated carbocycles. The number of aryl methyl sites for hydroxylation is 1. The molecule has 0 aromatic heterocycles. The number of carbonyl (C=O) groups excluding carboxylic acids is 2. The maximum atomic E-state index is 12.0. The number of carbonyl (C=O) groups is 2. The predicted molar refractivity (Wildman–Crippen MR) is 95.8 cm³/mol. The highest BCUT2D eigenvalue weighted by atomic mass is 35.5. The number of hydrogen-bond acceptors (Lipinski definition) is 3. The van der Waals surface area contributed by atoms with E-state index < -0.39 is 18.0 Å². The Labute approximate surface area is 146 Å². The van der Waals surface area contributed by atoms with Gasteiger partial charge in [-0.1, -0.05) is 35.9 Å². The van der Waals surface area contributed by atoms with Gasteiger partial charge in [-0.05, 0) is 55.3 Å². The summed E-state index contributed by atoms with van der Waals surface area (Å²) in [4.78, 5) is 23.8. The maximum absolute atomic E-state index is 12.0. The van der Waals surface area contributed by atoms with E-state index in [9.17, 15) is 9.59 Å². The molecule has 0 unspecified atom stereocenters. The summed E-state index contributed by atoms with van der Waals surface area (Å²) in [6.07, 6.45) is 2.07. The molecule has 0 bridgehead atoms. The Morgan fingerprint density at radius 1 is 1.12 bits per heavy atom. The zero-order chi connectivity index (χ0) is 17.5. The molecule has 124 valence electrons. The monoisotopic (exact) mass is 343 g/mol. The molecular weight excluding hydrogens is 326 g/mol. The number of nitrogens with one attached hydrogen (secondary N) is 1. The third kappa shape index (κ3) is 5.25. The number of ether oxygens (including phenoxy) is 1. The molecule has 24 heavy (non-hydrogen) atoms. The van der Waals surface area contributed by atoms with Crippen LogP contribution >= 0.6 is 11.6 Å². The van der Waals surface area contributed by atoms with Crippen molar-refractivity contribution < 1.29 is 14.3 Å². The molecule has 2 aromatic rings. The quantitative estimate of drug-likeness (QED) is 0.652. The van der Waals surface area contributed by atoms with Crippen LogP contribution in [0, 0.1) is 6.92 Å². The van der Waals surface area contributed by atoms with Crippen LogP contribution in [-0.4, -0.2) is 18.0 Å². The first-order valence-electron chi connectivity index (χ1n) is 7.46. The van der Waals surface area contributed by atoms with Crippen LogP contribution in [0.5, 0.6) is 0 Å². The summed E-state index contributed by atoms with van der Waals surface area (Å²) < 4.78 is 5.11. The van der Waals surface area contributed by atoms with E-state index in [0.717, 1.165) is 11.1 Å². The molecule has 0 fully saturated rings. The second-order valence-corrected chi connectivity index (χ2v) is 5.70. The largest absolute Gasteiger partial charge is 0.449 e. The van der Waals surface area contributed by atoms with Crippen molar-refractivity contribution >= 4 is 35.2 Å². The first-order chi connectivity index (χ1) is 11.5. The highest BCUT2D eigenvalue weighted by Gasteiger charge is 2.16. The second-order valence-electron chi connectivity index (χ2n) is 5.27. The Kier molecular flexibility index (Phi) is 6.15. The third-order valence-corrected chi connectivity index (χ3v) is 3.61. The van der Waals surface area contributed by atoms with Crippen LogP contribution in [0.25, 0.3) is 6.08 Å². The van der Waals surface area contributed by atoms with Gasteiger partial charge in [-0.2, -0.15) is 0 Å².